The fraction of sp³-hybridized carbons (Fsp3) is 0.316. The molecule has 0 atom stereocenters. The van der Waals surface area contributed by atoms with Gasteiger partial charge in [0.05, 0.1) is 17.4 Å². The molecule has 0 radical (unpaired) electrons. The first kappa shape index (κ1) is 19.7. The van der Waals surface area contributed by atoms with Gasteiger partial charge < -0.3 is 14.4 Å². The molecule has 0 aliphatic heterocycles. The molecule has 0 aliphatic rings. The van der Waals surface area contributed by atoms with Crippen LogP contribution in [0.3, 0.4) is 0 Å². The molecule has 0 saturated carbocycles. The van der Waals surface area contributed by atoms with Gasteiger partial charge in [0.2, 0.25) is 5.88 Å². The summed E-state index contributed by atoms with van der Waals surface area (Å²) in [6, 6.07) is 7.88. The molecular weight excluding hydrogens is 430 g/mol. The zero-order valence-corrected chi connectivity index (χ0v) is 18.0. The van der Waals surface area contributed by atoms with E-state index in [1.54, 1.807) is 26.2 Å². The lowest BCUT2D eigenvalue weighted by Gasteiger charge is -2.17. The van der Waals surface area contributed by atoms with Crippen molar-refractivity contribution in [2.45, 2.75) is 20.1 Å². The van der Waals surface area contributed by atoms with Crippen LogP contribution < -0.4 is 4.74 Å². The number of thiophene rings is 1. The molecule has 2 heterocycles. The van der Waals surface area contributed by atoms with Gasteiger partial charge in [-0.1, -0.05) is 34.1 Å². The van der Waals surface area contributed by atoms with Gasteiger partial charge >= 0.3 is 0 Å². The van der Waals surface area contributed by atoms with Gasteiger partial charge in [-0.3, -0.25) is 4.79 Å². The lowest BCUT2D eigenvalue weighted by Crippen LogP contribution is -2.26. The highest BCUT2D eigenvalue weighted by molar-refractivity contribution is 9.10. The Bertz CT molecular complexity index is 990. The molecule has 2 aromatic heterocycles. The van der Waals surface area contributed by atoms with Crippen molar-refractivity contribution >= 4 is 43.4 Å². The summed E-state index contributed by atoms with van der Waals surface area (Å²) in [6.07, 6.45) is 0. The summed E-state index contributed by atoms with van der Waals surface area (Å²) in [4.78, 5) is 25.0. The smallest absolute Gasteiger partial charge is 0.264 e. The topological polar surface area (TPSA) is 64.6 Å². The number of carbonyl (C=O) groups excluding carboxylic acids is 1. The van der Waals surface area contributed by atoms with Gasteiger partial charge in [0.25, 0.3) is 5.91 Å². The van der Waals surface area contributed by atoms with Crippen LogP contribution in [0, 0.1) is 6.92 Å². The average molecular weight is 450 g/mol. The van der Waals surface area contributed by atoms with E-state index in [0.717, 1.165) is 25.8 Å². The van der Waals surface area contributed by atoms with Gasteiger partial charge in [0.15, 0.2) is 5.82 Å². The predicted molar refractivity (Wildman–Crippen MR) is 109 cm³/mol. The van der Waals surface area contributed by atoms with E-state index in [1.807, 2.05) is 31.2 Å². The summed E-state index contributed by atoms with van der Waals surface area (Å²) in [5, 5.41) is 0.778. The summed E-state index contributed by atoms with van der Waals surface area (Å²) in [7, 11) is 4.95. The van der Waals surface area contributed by atoms with Gasteiger partial charge in [0.1, 0.15) is 11.4 Å². The van der Waals surface area contributed by atoms with Crippen molar-refractivity contribution in [3.05, 3.63) is 50.6 Å². The summed E-state index contributed by atoms with van der Waals surface area (Å²) >= 11 is 4.89. The summed E-state index contributed by atoms with van der Waals surface area (Å²) in [5.41, 5.74) is 1.88. The molecule has 142 valence electrons. The van der Waals surface area contributed by atoms with E-state index in [4.69, 9.17) is 9.47 Å². The lowest BCUT2D eigenvalue weighted by molar-refractivity contribution is 0.0789. The number of nitrogens with zero attached hydrogens (tertiary/aromatic N) is 3. The highest BCUT2D eigenvalue weighted by Gasteiger charge is 2.23. The Morgan fingerprint density at radius 3 is 2.67 bits per heavy atom. The molecule has 0 N–H and O–H groups in total. The largest absolute Gasteiger partial charge is 0.480 e. The van der Waals surface area contributed by atoms with Crippen molar-refractivity contribution < 1.29 is 14.3 Å². The first-order valence-electron chi connectivity index (χ1n) is 8.28. The van der Waals surface area contributed by atoms with Crippen LogP contribution in [0.1, 0.15) is 26.6 Å². The molecule has 0 bridgehead atoms. The van der Waals surface area contributed by atoms with E-state index < -0.39 is 0 Å². The van der Waals surface area contributed by atoms with Gasteiger partial charge in [-0.05, 0) is 24.1 Å². The monoisotopic (exact) mass is 449 g/mol. The number of aryl methyl sites for hydroxylation is 1. The highest BCUT2D eigenvalue weighted by atomic mass is 79.9. The van der Waals surface area contributed by atoms with Gasteiger partial charge in [-0.25, -0.2) is 4.98 Å². The molecule has 0 spiro atoms. The number of amides is 1. The predicted octanol–water partition coefficient (Wildman–Crippen LogP) is 4.19. The van der Waals surface area contributed by atoms with Gasteiger partial charge in [-0.15, -0.1) is 11.3 Å². The Morgan fingerprint density at radius 1 is 1.26 bits per heavy atom. The van der Waals surface area contributed by atoms with Crippen molar-refractivity contribution in [3.63, 3.8) is 0 Å². The summed E-state index contributed by atoms with van der Waals surface area (Å²) in [6.45, 7) is 2.69. The Labute approximate surface area is 170 Å². The Morgan fingerprint density at radius 2 is 2.00 bits per heavy atom. The van der Waals surface area contributed by atoms with Crippen LogP contribution in [0.25, 0.3) is 10.2 Å². The number of fused-ring (bicyclic) bond motifs is 1. The Balaban J connectivity index is 1.97. The number of methoxy groups -OCH3 is 2. The van der Waals surface area contributed by atoms with Crippen molar-refractivity contribution in [2.75, 3.05) is 21.3 Å². The number of hydrogen-bond donors (Lipinski definition) is 0. The molecule has 1 amide bonds. The normalized spacial score (nSPS) is 11.0. The van der Waals surface area contributed by atoms with Crippen molar-refractivity contribution in [2.24, 2.45) is 0 Å². The number of halogens is 1. The molecule has 3 aromatic rings. The zero-order valence-electron chi connectivity index (χ0n) is 15.6. The van der Waals surface area contributed by atoms with E-state index in [1.165, 1.54) is 11.3 Å². The maximum absolute atomic E-state index is 13.1. The minimum atomic E-state index is -0.0541. The average Bonchev–Trinajstić information content (AvgIpc) is 2.99. The maximum atomic E-state index is 13.1. The molecule has 27 heavy (non-hydrogen) atoms. The maximum Gasteiger partial charge on any atom is 0.264 e. The molecule has 1 aromatic carbocycles. The van der Waals surface area contributed by atoms with Crippen LogP contribution >= 0.6 is 27.3 Å². The van der Waals surface area contributed by atoms with Crippen LogP contribution in [0.4, 0.5) is 0 Å². The van der Waals surface area contributed by atoms with Crippen LogP contribution in [0.2, 0.25) is 0 Å². The Kier molecular flexibility index (Phi) is 6.08. The molecule has 8 heteroatoms. The molecule has 3 rings (SSSR count). The number of benzene rings is 1. The molecular formula is C19H20BrN3O3S. The van der Waals surface area contributed by atoms with E-state index in [2.05, 4.69) is 25.9 Å². The first-order valence-corrected chi connectivity index (χ1v) is 9.89. The van der Waals surface area contributed by atoms with Crippen LogP contribution in [0.5, 0.6) is 5.88 Å². The van der Waals surface area contributed by atoms with Crippen molar-refractivity contribution in [1.29, 1.82) is 0 Å². The summed E-state index contributed by atoms with van der Waals surface area (Å²) < 4.78 is 11.5. The quantitative estimate of drug-likeness (QED) is 0.564. The third-order valence-corrected chi connectivity index (χ3v) is 6.12. The van der Waals surface area contributed by atoms with E-state index in [0.29, 0.717) is 23.1 Å². The zero-order chi connectivity index (χ0) is 19.6. The number of hydrogen-bond acceptors (Lipinski definition) is 6. The third-order valence-electron chi connectivity index (χ3n) is 4.18. The number of carbonyl (C=O) groups is 1. The molecule has 0 saturated heterocycles. The van der Waals surface area contributed by atoms with Crippen LogP contribution in [-0.2, 0) is 17.9 Å². The molecule has 0 fully saturated rings. The van der Waals surface area contributed by atoms with Gasteiger partial charge in [-0.2, -0.15) is 4.98 Å². The fourth-order valence-corrected chi connectivity index (χ4v) is 4.41. The number of ether oxygens (including phenoxy) is 2. The second-order valence-electron chi connectivity index (χ2n) is 6.07. The second-order valence-corrected chi connectivity index (χ2v) is 7.92. The number of rotatable bonds is 6. The first-order chi connectivity index (χ1) is 13.0. The van der Waals surface area contributed by atoms with E-state index in [9.17, 15) is 4.79 Å². The van der Waals surface area contributed by atoms with Crippen molar-refractivity contribution in [1.82, 2.24) is 14.9 Å². The lowest BCUT2D eigenvalue weighted by atomic mass is 10.1. The highest BCUT2D eigenvalue weighted by Crippen LogP contribution is 2.35. The van der Waals surface area contributed by atoms with Crippen LogP contribution in [0.15, 0.2) is 28.7 Å². The standard InChI is InChI=1S/C19H20BrN3O3S/c1-11-15-17(26-4)21-14(10-25-3)22-18(15)27-16(11)19(24)23(2)9-12-7-5-6-8-13(12)20/h5-8H,9-10H2,1-4H3. The minimum Gasteiger partial charge on any atom is -0.480 e. The van der Waals surface area contributed by atoms with Gasteiger partial charge in [0, 0.05) is 25.2 Å². The molecule has 0 aliphatic carbocycles. The van der Waals surface area contributed by atoms with Crippen LogP contribution in [-0.4, -0.2) is 42.0 Å². The summed E-state index contributed by atoms with van der Waals surface area (Å²) in [5.74, 6) is 0.943. The van der Waals surface area contributed by atoms with Crippen molar-refractivity contribution in [3.8, 4) is 5.88 Å². The SMILES string of the molecule is COCc1nc(OC)c2c(C)c(C(=O)N(C)Cc3ccccc3Br)sc2n1. The number of aromatic nitrogens is 2. The minimum absolute atomic E-state index is 0.0541. The second kappa shape index (κ2) is 8.33. The third kappa shape index (κ3) is 3.97. The van der Waals surface area contributed by atoms with E-state index in [-0.39, 0.29) is 12.5 Å². The Hall–Kier alpha value is -2.03. The van der Waals surface area contributed by atoms with E-state index >= 15 is 0 Å². The molecule has 6 nitrogen and oxygen atoms in total. The molecule has 0 unspecified atom stereocenters. The fourth-order valence-electron chi connectivity index (χ4n) is 2.82.